The van der Waals surface area contributed by atoms with Crippen molar-refractivity contribution in [3.63, 3.8) is 0 Å². The number of aromatic nitrogens is 1. The number of urea groups is 1. The second-order valence-corrected chi connectivity index (χ2v) is 13.0. The Hall–Kier alpha value is -4.86. The van der Waals surface area contributed by atoms with Crippen LogP contribution in [0, 0.1) is 5.92 Å². The van der Waals surface area contributed by atoms with Gasteiger partial charge in [-0.3, -0.25) is 4.98 Å². The fraction of sp³-hybridized carbons (Fsp3) is 0.286. The lowest BCUT2D eigenvalue weighted by Gasteiger charge is -2.42. The standard InChI is InChI=1S/C42H46N4O4/c1-30-39(28-46(2)24-22-38-13-6-7-23-43-38)49-41(50-40(30)35-16-14-32(29-47)15-17-35)36-20-18-34(19-21-36)37-12-8-11-33(25-37)27-45-42(48)44-26-31-9-4-3-5-10-31/h3-21,23,25,30,39-41,47H,22,24,26-29H2,1-2H3,(H2,44,45,48)/t30-,39+,40+,41+/m0/s1. The summed E-state index contributed by atoms with van der Waals surface area (Å²) in [4.78, 5) is 19.2. The maximum absolute atomic E-state index is 12.4. The molecule has 258 valence electrons. The number of aliphatic hydroxyl groups excluding tert-OH is 1. The Morgan fingerprint density at radius 1 is 0.760 bits per heavy atom. The Morgan fingerprint density at radius 2 is 1.46 bits per heavy atom. The number of amides is 2. The van der Waals surface area contributed by atoms with Crippen molar-refractivity contribution in [1.82, 2.24) is 20.5 Å². The first-order valence-corrected chi connectivity index (χ1v) is 17.3. The fourth-order valence-corrected chi connectivity index (χ4v) is 6.29. The van der Waals surface area contributed by atoms with Crippen LogP contribution in [0.2, 0.25) is 0 Å². The number of benzene rings is 4. The average molecular weight is 671 g/mol. The van der Waals surface area contributed by atoms with Crippen molar-refractivity contribution in [2.45, 2.75) is 51.5 Å². The highest BCUT2D eigenvalue weighted by Gasteiger charge is 2.38. The van der Waals surface area contributed by atoms with Gasteiger partial charge in [0.2, 0.25) is 0 Å². The molecule has 1 aliphatic rings. The number of carbonyl (C=O) groups is 1. The van der Waals surface area contributed by atoms with Gasteiger partial charge >= 0.3 is 6.03 Å². The van der Waals surface area contributed by atoms with E-state index >= 15 is 0 Å². The van der Waals surface area contributed by atoms with E-state index in [2.05, 4.69) is 89.1 Å². The summed E-state index contributed by atoms with van der Waals surface area (Å²) in [5, 5.41) is 15.5. The van der Waals surface area contributed by atoms with Crippen LogP contribution in [0.1, 0.15) is 52.8 Å². The Balaban J connectivity index is 1.12. The highest BCUT2D eigenvalue weighted by molar-refractivity contribution is 5.74. The van der Waals surface area contributed by atoms with Crippen LogP contribution in [-0.4, -0.2) is 47.3 Å². The monoisotopic (exact) mass is 670 g/mol. The van der Waals surface area contributed by atoms with E-state index in [1.54, 1.807) is 0 Å². The molecule has 0 radical (unpaired) electrons. The predicted octanol–water partition coefficient (Wildman–Crippen LogP) is 7.21. The van der Waals surface area contributed by atoms with Crippen LogP contribution in [0.25, 0.3) is 11.1 Å². The summed E-state index contributed by atoms with van der Waals surface area (Å²) in [5.74, 6) is 0.0968. The van der Waals surface area contributed by atoms with Crippen LogP contribution in [0.3, 0.4) is 0 Å². The summed E-state index contributed by atoms with van der Waals surface area (Å²) in [6.07, 6.45) is 1.92. The topological polar surface area (TPSA) is 96.0 Å². The zero-order chi connectivity index (χ0) is 34.7. The maximum atomic E-state index is 12.4. The maximum Gasteiger partial charge on any atom is 0.315 e. The number of carbonyl (C=O) groups excluding carboxylic acids is 1. The lowest BCUT2D eigenvalue weighted by atomic mass is 9.90. The molecule has 4 aromatic carbocycles. The normalized spacial score (nSPS) is 18.9. The number of aliphatic hydroxyl groups is 1. The Morgan fingerprint density at radius 3 is 2.18 bits per heavy atom. The zero-order valence-electron chi connectivity index (χ0n) is 28.7. The van der Waals surface area contributed by atoms with Crippen molar-refractivity contribution >= 4 is 6.03 Å². The van der Waals surface area contributed by atoms with Crippen molar-refractivity contribution in [3.05, 3.63) is 161 Å². The van der Waals surface area contributed by atoms with Crippen LogP contribution in [0.5, 0.6) is 0 Å². The van der Waals surface area contributed by atoms with Gasteiger partial charge in [-0.1, -0.05) is 110 Å². The van der Waals surface area contributed by atoms with Crippen molar-refractivity contribution in [1.29, 1.82) is 0 Å². The number of likely N-dealkylation sites (N-methyl/N-ethyl adjacent to an activating group) is 1. The second kappa shape index (κ2) is 17.2. The van der Waals surface area contributed by atoms with Gasteiger partial charge in [-0.05, 0) is 58.6 Å². The van der Waals surface area contributed by atoms with Gasteiger partial charge < -0.3 is 30.1 Å². The molecule has 0 spiro atoms. The van der Waals surface area contributed by atoms with E-state index < -0.39 is 6.29 Å². The van der Waals surface area contributed by atoms with Gasteiger partial charge in [0, 0.05) is 56.0 Å². The Kier molecular flexibility index (Phi) is 12.0. The number of pyridine rings is 1. The molecule has 8 nitrogen and oxygen atoms in total. The molecule has 4 atom stereocenters. The minimum absolute atomic E-state index is 0.00659. The van der Waals surface area contributed by atoms with E-state index in [0.29, 0.717) is 13.1 Å². The molecule has 1 aliphatic heterocycles. The van der Waals surface area contributed by atoms with E-state index in [-0.39, 0.29) is 30.8 Å². The molecule has 3 N–H and O–H groups in total. The van der Waals surface area contributed by atoms with Gasteiger partial charge in [-0.15, -0.1) is 0 Å². The van der Waals surface area contributed by atoms with Crippen LogP contribution in [0.15, 0.2) is 128 Å². The first kappa shape index (κ1) is 35.0. The lowest BCUT2D eigenvalue weighted by Crippen LogP contribution is -2.43. The van der Waals surface area contributed by atoms with Crippen molar-refractivity contribution in [2.24, 2.45) is 5.92 Å². The molecule has 1 fully saturated rings. The quantitative estimate of drug-likeness (QED) is 0.123. The molecule has 8 heteroatoms. The van der Waals surface area contributed by atoms with Gasteiger partial charge in [-0.2, -0.15) is 0 Å². The van der Waals surface area contributed by atoms with Gasteiger partial charge in [0.05, 0.1) is 18.8 Å². The molecule has 50 heavy (non-hydrogen) atoms. The molecule has 0 aliphatic carbocycles. The van der Waals surface area contributed by atoms with Crippen LogP contribution < -0.4 is 10.6 Å². The Bertz CT molecular complexity index is 1790. The molecule has 0 unspecified atom stereocenters. The third-order valence-corrected chi connectivity index (χ3v) is 9.28. The van der Waals surface area contributed by atoms with E-state index in [1.165, 1.54) is 0 Å². The summed E-state index contributed by atoms with van der Waals surface area (Å²) in [6.45, 7) is 4.72. The molecule has 6 rings (SSSR count). The molecular weight excluding hydrogens is 624 g/mol. The van der Waals surface area contributed by atoms with Crippen molar-refractivity contribution in [3.8, 4) is 11.1 Å². The van der Waals surface area contributed by atoms with E-state index in [1.807, 2.05) is 72.9 Å². The minimum Gasteiger partial charge on any atom is -0.392 e. The molecule has 1 saturated heterocycles. The number of hydrogen-bond donors (Lipinski definition) is 3. The van der Waals surface area contributed by atoms with Crippen molar-refractivity contribution in [2.75, 3.05) is 20.1 Å². The van der Waals surface area contributed by atoms with Gasteiger partial charge in [0.25, 0.3) is 0 Å². The minimum atomic E-state index is -0.540. The molecule has 5 aromatic rings. The number of hydrogen-bond acceptors (Lipinski definition) is 6. The summed E-state index contributed by atoms with van der Waals surface area (Å²) < 4.78 is 13.4. The van der Waals surface area contributed by atoms with Crippen LogP contribution >= 0.6 is 0 Å². The fourth-order valence-electron chi connectivity index (χ4n) is 6.29. The van der Waals surface area contributed by atoms with Crippen molar-refractivity contribution < 1.29 is 19.4 Å². The summed E-state index contributed by atoms with van der Waals surface area (Å²) in [6, 6.07) is 40.2. The number of rotatable bonds is 13. The summed E-state index contributed by atoms with van der Waals surface area (Å²) in [5.41, 5.74) is 8.16. The van der Waals surface area contributed by atoms with Crippen LogP contribution in [-0.2, 0) is 35.6 Å². The van der Waals surface area contributed by atoms with E-state index in [0.717, 1.165) is 64.1 Å². The largest absolute Gasteiger partial charge is 0.392 e. The SMILES string of the molecule is C[C@H]1[C@@H](CN(C)CCc2ccccn2)O[C@@H](c2ccc(-c3cccc(CNC(=O)NCc4ccccc4)c3)cc2)O[C@H]1c1ccc(CO)cc1. The summed E-state index contributed by atoms with van der Waals surface area (Å²) in [7, 11) is 2.13. The summed E-state index contributed by atoms with van der Waals surface area (Å²) >= 11 is 0. The highest BCUT2D eigenvalue weighted by atomic mass is 16.7. The molecular formula is C42H46N4O4. The van der Waals surface area contributed by atoms with E-state index in [4.69, 9.17) is 9.47 Å². The smallest absolute Gasteiger partial charge is 0.315 e. The van der Waals surface area contributed by atoms with Gasteiger partial charge in [0.1, 0.15) is 0 Å². The van der Waals surface area contributed by atoms with Gasteiger partial charge in [-0.25, -0.2) is 4.79 Å². The van der Waals surface area contributed by atoms with Gasteiger partial charge in [0.15, 0.2) is 6.29 Å². The third-order valence-electron chi connectivity index (χ3n) is 9.28. The molecule has 1 aromatic heterocycles. The zero-order valence-corrected chi connectivity index (χ0v) is 28.7. The van der Waals surface area contributed by atoms with Crippen LogP contribution in [0.4, 0.5) is 4.79 Å². The molecule has 2 amide bonds. The number of ether oxygens (including phenoxy) is 2. The molecule has 0 bridgehead atoms. The first-order chi connectivity index (χ1) is 24.4. The first-order valence-electron chi connectivity index (χ1n) is 17.3. The third kappa shape index (κ3) is 9.43. The average Bonchev–Trinajstić information content (AvgIpc) is 3.17. The number of nitrogens with zero attached hydrogens (tertiary/aromatic N) is 2. The lowest BCUT2D eigenvalue weighted by molar-refractivity contribution is -0.275. The molecule has 2 heterocycles. The Labute approximate surface area is 295 Å². The molecule has 0 saturated carbocycles. The predicted molar refractivity (Wildman–Crippen MR) is 196 cm³/mol. The second-order valence-electron chi connectivity index (χ2n) is 13.0. The number of nitrogens with one attached hydrogen (secondary N) is 2. The highest BCUT2D eigenvalue weighted by Crippen LogP contribution is 2.42. The van der Waals surface area contributed by atoms with E-state index in [9.17, 15) is 9.90 Å².